The molecule has 0 radical (unpaired) electrons. The summed E-state index contributed by atoms with van der Waals surface area (Å²) in [4.78, 5) is 36.1. The highest BCUT2D eigenvalue weighted by atomic mass is 16.6. The Balaban J connectivity index is 1.98. The number of esters is 3. The lowest BCUT2D eigenvalue weighted by Crippen LogP contribution is -2.38. The molecule has 7 nitrogen and oxygen atoms in total. The summed E-state index contributed by atoms with van der Waals surface area (Å²) in [5, 5.41) is 0. The van der Waals surface area contributed by atoms with Crippen LogP contribution < -0.4 is 0 Å². The third kappa shape index (κ3) is 3.99. The molecule has 2 saturated heterocycles. The van der Waals surface area contributed by atoms with Gasteiger partial charge in [-0.15, -0.1) is 0 Å². The molecule has 0 unspecified atom stereocenters. The molecule has 2 fully saturated rings. The molecule has 2 heterocycles. The van der Waals surface area contributed by atoms with E-state index in [1.54, 1.807) is 19.9 Å². The number of carbonyl (C=O) groups excluding carboxylic acids is 3. The van der Waals surface area contributed by atoms with Gasteiger partial charge < -0.3 is 18.9 Å². The SMILES string of the molecule is C=C1C(=O)O[C@H]2/C=C(/C)[C@@H](OC(C)=O)C[C@@H]3O[C@@]3(C)C[C@H](OC(=O)C(C)C)[C@@H]12. The van der Waals surface area contributed by atoms with Crippen molar-refractivity contribution < 1.29 is 33.3 Å². The van der Waals surface area contributed by atoms with Crippen molar-refractivity contribution in [2.75, 3.05) is 0 Å². The first-order chi connectivity index (χ1) is 13.0. The van der Waals surface area contributed by atoms with Gasteiger partial charge in [-0.05, 0) is 25.5 Å². The first-order valence-corrected chi connectivity index (χ1v) is 9.65. The van der Waals surface area contributed by atoms with Gasteiger partial charge in [0.1, 0.15) is 18.3 Å². The van der Waals surface area contributed by atoms with Crippen molar-refractivity contribution in [3.8, 4) is 0 Å². The number of hydrogen-bond donors (Lipinski definition) is 0. The van der Waals surface area contributed by atoms with Gasteiger partial charge >= 0.3 is 17.9 Å². The average molecular weight is 392 g/mol. The highest BCUT2D eigenvalue weighted by Gasteiger charge is 2.58. The van der Waals surface area contributed by atoms with Crippen molar-refractivity contribution in [2.45, 2.75) is 77.5 Å². The van der Waals surface area contributed by atoms with Crippen molar-refractivity contribution in [1.82, 2.24) is 0 Å². The number of carbonyl (C=O) groups is 3. The minimum atomic E-state index is -0.637. The summed E-state index contributed by atoms with van der Waals surface area (Å²) in [5.41, 5.74) is 0.511. The molecule has 6 atom stereocenters. The molecule has 0 aromatic rings. The molecule has 2 aliphatic heterocycles. The molecule has 154 valence electrons. The van der Waals surface area contributed by atoms with Crippen molar-refractivity contribution in [3.05, 3.63) is 23.8 Å². The molecule has 0 aromatic heterocycles. The Labute approximate surface area is 165 Å². The number of epoxide rings is 1. The zero-order chi connectivity index (χ0) is 20.8. The Morgan fingerprint density at radius 2 is 2.00 bits per heavy atom. The first-order valence-electron chi connectivity index (χ1n) is 9.65. The zero-order valence-corrected chi connectivity index (χ0v) is 17.0. The van der Waals surface area contributed by atoms with Gasteiger partial charge in [-0.25, -0.2) is 4.79 Å². The van der Waals surface area contributed by atoms with Crippen LogP contribution in [0.2, 0.25) is 0 Å². The summed E-state index contributed by atoms with van der Waals surface area (Å²) in [6, 6.07) is 0. The Morgan fingerprint density at radius 3 is 2.61 bits per heavy atom. The lowest BCUT2D eigenvalue weighted by atomic mass is 9.82. The molecule has 3 rings (SSSR count). The summed E-state index contributed by atoms with van der Waals surface area (Å²) < 4.78 is 22.7. The number of fused-ring (bicyclic) bond motifs is 2. The predicted molar refractivity (Wildman–Crippen MR) is 99.1 cm³/mol. The molecule has 0 amide bonds. The van der Waals surface area contributed by atoms with E-state index >= 15 is 0 Å². The van der Waals surface area contributed by atoms with Crippen LogP contribution in [0.5, 0.6) is 0 Å². The van der Waals surface area contributed by atoms with Crippen molar-refractivity contribution in [2.24, 2.45) is 11.8 Å². The van der Waals surface area contributed by atoms with Crippen LogP contribution in [-0.4, -0.2) is 47.9 Å². The quantitative estimate of drug-likeness (QED) is 0.240. The Hall–Kier alpha value is -2.15. The number of ether oxygens (including phenoxy) is 4. The fraction of sp³-hybridized carbons (Fsp3) is 0.667. The van der Waals surface area contributed by atoms with E-state index in [0.717, 1.165) is 5.57 Å². The monoisotopic (exact) mass is 392 g/mol. The van der Waals surface area contributed by atoms with Gasteiger partial charge in [-0.3, -0.25) is 9.59 Å². The van der Waals surface area contributed by atoms with Gasteiger partial charge in [0, 0.05) is 25.3 Å². The minimum absolute atomic E-state index is 0.136. The van der Waals surface area contributed by atoms with Crippen LogP contribution in [0.15, 0.2) is 23.8 Å². The Morgan fingerprint density at radius 1 is 1.32 bits per heavy atom. The second kappa shape index (κ2) is 7.35. The van der Waals surface area contributed by atoms with Gasteiger partial charge in [0.25, 0.3) is 0 Å². The third-order valence-corrected chi connectivity index (χ3v) is 5.71. The molecule has 0 spiro atoms. The number of hydrogen-bond acceptors (Lipinski definition) is 7. The molecule has 3 aliphatic rings. The number of rotatable bonds is 3. The molecule has 0 saturated carbocycles. The largest absolute Gasteiger partial charge is 0.461 e. The van der Waals surface area contributed by atoms with Crippen molar-refractivity contribution in [3.63, 3.8) is 0 Å². The van der Waals surface area contributed by atoms with Crippen LogP contribution in [0.3, 0.4) is 0 Å². The van der Waals surface area contributed by atoms with Crippen molar-refractivity contribution in [1.29, 1.82) is 0 Å². The fourth-order valence-corrected chi connectivity index (χ4v) is 3.96. The van der Waals surface area contributed by atoms with E-state index in [9.17, 15) is 14.4 Å². The van der Waals surface area contributed by atoms with Crippen LogP contribution in [-0.2, 0) is 33.3 Å². The van der Waals surface area contributed by atoms with E-state index in [1.807, 2.05) is 13.8 Å². The van der Waals surface area contributed by atoms with E-state index < -0.39 is 35.8 Å². The average Bonchev–Trinajstić information content (AvgIpc) is 3.11. The van der Waals surface area contributed by atoms with E-state index in [-0.39, 0.29) is 29.5 Å². The second-order valence-corrected chi connectivity index (χ2v) is 8.42. The summed E-state index contributed by atoms with van der Waals surface area (Å²) in [6.45, 7) is 12.5. The molecular formula is C21H28O7. The maximum atomic E-state index is 12.3. The third-order valence-electron chi connectivity index (χ3n) is 5.71. The summed E-state index contributed by atoms with van der Waals surface area (Å²) in [6.07, 6.45) is 0.846. The van der Waals surface area contributed by atoms with Crippen molar-refractivity contribution >= 4 is 17.9 Å². The standard InChI is InChI=1S/C21H28O7/c1-10(2)19(23)27-16-9-21(6)17(28-21)8-14(25-13(5)22)11(3)7-15-18(16)12(4)20(24)26-15/h7,10,14-18H,4,8-9H2,1-3,5-6H3/b11-7-/t14-,15-,16-,17-,18-,21-/m0/s1. The maximum absolute atomic E-state index is 12.3. The van der Waals surface area contributed by atoms with E-state index in [4.69, 9.17) is 18.9 Å². The second-order valence-electron chi connectivity index (χ2n) is 8.42. The maximum Gasteiger partial charge on any atom is 0.334 e. The first kappa shape index (κ1) is 20.6. The van der Waals surface area contributed by atoms with E-state index in [0.29, 0.717) is 12.8 Å². The van der Waals surface area contributed by atoms with Gasteiger partial charge in [-0.1, -0.05) is 20.4 Å². The van der Waals surface area contributed by atoms with Crippen LogP contribution in [0.4, 0.5) is 0 Å². The van der Waals surface area contributed by atoms with Gasteiger partial charge in [-0.2, -0.15) is 0 Å². The van der Waals surface area contributed by atoms with E-state index in [2.05, 4.69) is 6.58 Å². The Kier molecular flexibility index (Phi) is 5.40. The van der Waals surface area contributed by atoms with Crippen LogP contribution in [0.25, 0.3) is 0 Å². The normalized spacial score (nSPS) is 39.2. The van der Waals surface area contributed by atoms with Gasteiger partial charge in [0.2, 0.25) is 0 Å². The lowest BCUT2D eigenvalue weighted by molar-refractivity contribution is -0.157. The molecule has 1 aliphatic carbocycles. The molecule has 0 N–H and O–H groups in total. The zero-order valence-electron chi connectivity index (χ0n) is 17.0. The molecule has 0 bridgehead atoms. The van der Waals surface area contributed by atoms with Crippen LogP contribution in [0.1, 0.15) is 47.5 Å². The molecule has 28 heavy (non-hydrogen) atoms. The van der Waals surface area contributed by atoms with E-state index in [1.165, 1.54) is 6.92 Å². The summed E-state index contributed by atoms with van der Waals surface area (Å²) in [5.74, 6) is -2.04. The lowest BCUT2D eigenvalue weighted by Gasteiger charge is -2.30. The summed E-state index contributed by atoms with van der Waals surface area (Å²) >= 11 is 0. The smallest absolute Gasteiger partial charge is 0.334 e. The van der Waals surface area contributed by atoms with Gasteiger partial charge in [0.15, 0.2) is 0 Å². The molecule has 0 aromatic carbocycles. The van der Waals surface area contributed by atoms with Gasteiger partial charge in [0.05, 0.1) is 23.5 Å². The predicted octanol–water partition coefficient (Wildman–Crippen LogP) is 2.48. The molecular weight excluding hydrogens is 364 g/mol. The molecule has 7 heteroatoms. The van der Waals surface area contributed by atoms with Crippen LogP contribution >= 0.6 is 0 Å². The Bertz CT molecular complexity index is 737. The highest BCUT2D eigenvalue weighted by Crippen LogP contribution is 2.48. The summed E-state index contributed by atoms with van der Waals surface area (Å²) in [7, 11) is 0. The van der Waals surface area contributed by atoms with Crippen LogP contribution in [0, 0.1) is 11.8 Å². The topological polar surface area (TPSA) is 91.4 Å². The minimum Gasteiger partial charge on any atom is -0.461 e. The fourth-order valence-electron chi connectivity index (χ4n) is 3.96. The highest BCUT2D eigenvalue weighted by molar-refractivity contribution is 5.91.